The van der Waals surface area contributed by atoms with E-state index in [1.54, 1.807) is 0 Å². The highest BCUT2D eigenvalue weighted by molar-refractivity contribution is 6.16. The van der Waals surface area contributed by atoms with Gasteiger partial charge in [-0.3, -0.25) is 4.98 Å². The fourth-order valence-corrected chi connectivity index (χ4v) is 2.49. The Bertz CT molecular complexity index is 843. The number of nitrogens with zero attached hydrogens (tertiary/aromatic N) is 1. The van der Waals surface area contributed by atoms with Gasteiger partial charge < -0.3 is 4.98 Å². The molecule has 0 spiro atoms. The Morgan fingerprint density at radius 2 is 1.76 bits per heavy atom. The Balaban J connectivity index is 2.34. The number of rotatable bonds is 0. The van der Waals surface area contributed by atoms with Gasteiger partial charge in [0.15, 0.2) is 0 Å². The van der Waals surface area contributed by atoms with E-state index in [1.165, 1.54) is 32.6 Å². The summed E-state index contributed by atoms with van der Waals surface area (Å²) in [7, 11) is 0. The maximum Gasteiger partial charge on any atom is 0.0545 e. The number of aromatic amines is 1. The van der Waals surface area contributed by atoms with Crippen molar-refractivity contribution in [3.8, 4) is 0 Å². The molecule has 0 aliphatic heterocycles. The number of pyridine rings is 1. The molecule has 4 aromatic rings. The molecule has 0 saturated heterocycles. The van der Waals surface area contributed by atoms with E-state index >= 15 is 0 Å². The maximum absolute atomic E-state index is 4.16. The van der Waals surface area contributed by atoms with Crippen molar-refractivity contribution in [2.45, 2.75) is 0 Å². The normalized spacial score (nSPS) is 11.5. The van der Waals surface area contributed by atoms with Gasteiger partial charge in [-0.05, 0) is 12.1 Å². The number of H-pyrrole nitrogens is 1. The summed E-state index contributed by atoms with van der Waals surface area (Å²) in [4.78, 5) is 7.65. The number of benzene rings is 2. The predicted molar refractivity (Wildman–Crippen MR) is 71.1 cm³/mol. The van der Waals surface area contributed by atoms with Gasteiger partial charge in [-0.2, -0.15) is 0 Å². The molecular weight excluding hydrogens is 208 g/mol. The number of para-hydroxylation sites is 1. The third kappa shape index (κ3) is 1.12. The molecule has 2 heterocycles. The number of hydrogen-bond acceptors (Lipinski definition) is 1. The van der Waals surface area contributed by atoms with Crippen LogP contribution < -0.4 is 0 Å². The highest BCUT2D eigenvalue weighted by Gasteiger charge is 2.06. The fourth-order valence-electron chi connectivity index (χ4n) is 2.49. The van der Waals surface area contributed by atoms with E-state index in [0.717, 1.165) is 0 Å². The Morgan fingerprint density at radius 3 is 2.76 bits per heavy atom. The highest BCUT2D eigenvalue weighted by atomic mass is 14.7. The number of nitrogens with one attached hydrogen (secondary N) is 1. The van der Waals surface area contributed by atoms with Gasteiger partial charge >= 0.3 is 0 Å². The van der Waals surface area contributed by atoms with E-state index in [0.29, 0.717) is 0 Å². The lowest BCUT2D eigenvalue weighted by molar-refractivity contribution is 1.37. The SMILES string of the molecule is c1ccc2c(c1)[nH]c1c3ccncc3ccc21. The van der Waals surface area contributed by atoms with Crippen LogP contribution in [-0.2, 0) is 0 Å². The monoisotopic (exact) mass is 218 g/mol. The van der Waals surface area contributed by atoms with E-state index < -0.39 is 0 Å². The van der Waals surface area contributed by atoms with Crippen molar-refractivity contribution < 1.29 is 0 Å². The van der Waals surface area contributed by atoms with Crippen LogP contribution in [0.5, 0.6) is 0 Å². The Hall–Kier alpha value is -2.35. The number of aromatic nitrogens is 2. The molecule has 2 heteroatoms. The van der Waals surface area contributed by atoms with Gasteiger partial charge in [0, 0.05) is 39.5 Å². The number of fused-ring (bicyclic) bond motifs is 5. The van der Waals surface area contributed by atoms with Crippen LogP contribution in [0.3, 0.4) is 0 Å². The molecule has 0 aliphatic carbocycles. The molecule has 0 amide bonds. The average Bonchev–Trinajstić information content (AvgIpc) is 2.78. The second-order valence-electron chi connectivity index (χ2n) is 4.26. The van der Waals surface area contributed by atoms with Gasteiger partial charge in [0.05, 0.1) is 5.52 Å². The van der Waals surface area contributed by atoms with Crippen molar-refractivity contribution in [1.29, 1.82) is 0 Å². The van der Waals surface area contributed by atoms with Crippen LogP contribution in [0.15, 0.2) is 54.9 Å². The summed E-state index contributed by atoms with van der Waals surface area (Å²) in [6.45, 7) is 0. The van der Waals surface area contributed by atoms with Crippen molar-refractivity contribution in [2.75, 3.05) is 0 Å². The first-order valence-corrected chi connectivity index (χ1v) is 5.67. The standard InChI is InChI=1S/C15H10N2/c1-2-4-14-12(3-1)13-6-5-10-9-16-8-7-11(10)15(13)17-14/h1-9,17H. The molecule has 0 aliphatic rings. The smallest absolute Gasteiger partial charge is 0.0545 e. The minimum atomic E-state index is 1.17. The minimum absolute atomic E-state index is 1.17. The Kier molecular flexibility index (Phi) is 1.59. The summed E-state index contributed by atoms with van der Waals surface area (Å²) in [6, 6.07) is 14.8. The van der Waals surface area contributed by atoms with E-state index in [2.05, 4.69) is 52.4 Å². The van der Waals surface area contributed by atoms with E-state index in [9.17, 15) is 0 Å². The minimum Gasteiger partial charge on any atom is -0.354 e. The predicted octanol–water partition coefficient (Wildman–Crippen LogP) is 3.87. The van der Waals surface area contributed by atoms with Gasteiger partial charge in [0.25, 0.3) is 0 Å². The Morgan fingerprint density at radius 1 is 0.824 bits per heavy atom. The van der Waals surface area contributed by atoms with Crippen LogP contribution in [0.2, 0.25) is 0 Å². The summed E-state index contributed by atoms with van der Waals surface area (Å²) in [5, 5.41) is 4.96. The molecule has 0 bridgehead atoms. The molecule has 2 nitrogen and oxygen atoms in total. The first-order valence-electron chi connectivity index (χ1n) is 5.67. The largest absolute Gasteiger partial charge is 0.354 e. The molecule has 2 aromatic carbocycles. The summed E-state index contributed by atoms with van der Waals surface area (Å²) in [5.41, 5.74) is 2.39. The molecule has 0 radical (unpaired) electrons. The summed E-state index contributed by atoms with van der Waals surface area (Å²) >= 11 is 0. The van der Waals surface area contributed by atoms with Crippen LogP contribution in [0, 0.1) is 0 Å². The number of hydrogen-bond donors (Lipinski definition) is 1. The molecule has 0 atom stereocenters. The molecule has 0 saturated carbocycles. The highest BCUT2D eigenvalue weighted by Crippen LogP contribution is 2.30. The molecular formula is C15H10N2. The van der Waals surface area contributed by atoms with Crippen molar-refractivity contribution in [1.82, 2.24) is 9.97 Å². The van der Waals surface area contributed by atoms with Gasteiger partial charge in [-0.25, -0.2) is 0 Å². The van der Waals surface area contributed by atoms with E-state index in [-0.39, 0.29) is 0 Å². The van der Waals surface area contributed by atoms with E-state index in [4.69, 9.17) is 0 Å². The van der Waals surface area contributed by atoms with Crippen molar-refractivity contribution in [2.24, 2.45) is 0 Å². The Labute approximate surface area is 97.9 Å². The third-order valence-corrected chi connectivity index (χ3v) is 3.30. The second-order valence-corrected chi connectivity index (χ2v) is 4.26. The van der Waals surface area contributed by atoms with Gasteiger partial charge in [-0.1, -0.05) is 30.3 Å². The fraction of sp³-hybridized carbons (Fsp3) is 0. The third-order valence-electron chi connectivity index (χ3n) is 3.30. The van der Waals surface area contributed by atoms with Crippen LogP contribution in [0.1, 0.15) is 0 Å². The zero-order valence-electron chi connectivity index (χ0n) is 9.14. The van der Waals surface area contributed by atoms with E-state index in [1.807, 2.05) is 12.4 Å². The molecule has 0 fully saturated rings. The lowest BCUT2D eigenvalue weighted by atomic mass is 10.1. The second kappa shape index (κ2) is 3.08. The summed E-state index contributed by atoms with van der Waals surface area (Å²) in [5.74, 6) is 0. The van der Waals surface area contributed by atoms with Crippen LogP contribution in [0.25, 0.3) is 32.6 Å². The maximum atomic E-state index is 4.16. The lowest BCUT2D eigenvalue weighted by Crippen LogP contribution is -1.76. The van der Waals surface area contributed by atoms with Crippen molar-refractivity contribution in [3.63, 3.8) is 0 Å². The molecule has 0 unspecified atom stereocenters. The molecule has 17 heavy (non-hydrogen) atoms. The molecule has 2 aromatic heterocycles. The van der Waals surface area contributed by atoms with Crippen molar-refractivity contribution in [3.05, 3.63) is 54.9 Å². The van der Waals surface area contributed by atoms with Crippen molar-refractivity contribution >= 4 is 32.6 Å². The zero-order chi connectivity index (χ0) is 11.2. The first kappa shape index (κ1) is 8.76. The zero-order valence-corrected chi connectivity index (χ0v) is 9.14. The van der Waals surface area contributed by atoms with Crippen LogP contribution in [-0.4, -0.2) is 9.97 Å². The summed E-state index contributed by atoms with van der Waals surface area (Å²) in [6.07, 6.45) is 3.74. The van der Waals surface area contributed by atoms with Crippen LogP contribution in [0.4, 0.5) is 0 Å². The van der Waals surface area contributed by atoms with Crippen LogP contribution >= 0.6 is 0 Å². The molecule has 80 valence electrons. The quantitative estimate of drug-likeness (QED) is 0.477. The molecule has 1 N–H and O–H groups in total. The van der Waals surface area contributed by atoms with Gasteiger partial charge in [-0.15, -0.1) is 0 Å². The lowest BCUT2D eigenvalue weighted by Gasteiger charge is -1.97. The van der Waals surface area contributed by atoms with Gasteiger partial charge in [0.2, 0.25) is 0 Å². The topological polar surface area (TPSA) is 28.7 Å². The average molecular weight is 218 g/mol. The van der Waals surface area contributed by atoms with Gasteiger partial charge in [0.1, 0.15) is 0 Å². The first-order chi connectivity index (χ1) is 8.43. The molecule has 4 rings (SSSR count). The summed E-state index contributed by atoms with van der Waals surface area (Å²) < 4.78 is 0.